The first-order chi connectivity index (χ1) is 8.17. The molecule has 3 atom stereocenters. The van der Waals surface area contributed by atoms with Crippen LogP contribution in [0.4, 0.5) is 4.79 Å². The predicted molar refractivity (Wildman–Crippen MR) is 64.3 cm³/mol. The molecule has 2 radical (unpaired) electrons. The van der Waals surface area contributed by atoms with Crippen LogP contribution in [0.1, 0.15) is 20.8 Å². The van der Waals surface area contributed by atoms with Crippen molar-refractivity contribution in [3.05, 3.63) is 0 Å². The molecule has 0 aromatic carbocycles. The normalized spacial score (nSPS) is 28.1. The van der Waals surface area contributed by atoms with Gasteiger partial charge in [-0.2, -0.15) is 0 Å². The molecule has 0 saturated carbocycles. The van der Waals surface area contributed by atoms with Gasteiger partial charge in [0.25, 0.3) is 0 Å². The Hall–Kier alpha value is -1.24. The van der Waals surface area contributed by atoms with Gasteiger partial charge in [0.2, 0.25) is 0 Å². The zero-order valence-corrected chi connectivity index (χ0v) is 11.0. The highest BCUT2D eigenvalue weighted by Crippen LogP contribution is 2.29. The van der Waals surface area contributed by atoms with Gasteiger partial charge >= 0.3 is 12.1 Å². The summed E-state index contributed by atoms with van der Waals surface area (Å²) in [6, 6.07) is -1.01. The maximum atomic E-state index is 11.9. The number of aliphatic hydroxyl groups excluding tert-OH is 1. The van der Waals surface area contributed by atoms with Crippen LogP contribution in [0.2, 0.25) is 5.82 Å². The standard InChI is InChI=1S/C11H18BNO5/c1-11(2,3)18-10(16)13-5-6(14)7(12)8(13)9(15)17-4/h6-8,14H,5H2,1-4H3/t6-,7+,8?/m1/s1. The highest BCUT2D eigenvalue weighted by Gasteiger charge is 2.46. The van der Waals surface area contributed by atoms with E-state index in [0.29, 0.717) is 0 Å². The molecule has 1 heterocycles. The summed E-state index contributed by atoms with van der Waals surface area (Å²) in [6.45, 7) is 5.09. The highest BCUT2D eigenvalue weighted by molar-refractivity contribution is 6.15. The van der Waals surface area contributed by atoms with Gasteiger partial charge < -0.3 is 14.6 Å². The lowest BCUT2D eigenvalue weighted by Gasteiger charge is -2.28. The van der Waals surface area contributed by atoms with E-state index in [1.165, 1.54) is 7.11 Å². The van der Waals surface area contributed by atoms with Gasteiger partial charge in [0, 0.05) is 0 Å². The molecule has 0 aliphatic carbocycles. The number of esters is 1. The van der Waals surface area contributed by atoms with Gasteiger partial charge in [-0.3, -0.25) is 4.90 Å². The number of carbonyl (C=O) groups is 2. The molecule has 6 nitrogen and oxygen atoms in total. The average Bonchev–Trinajstić information content (AvgIpc) is 2.52. The summed E-state index contributed by atoms with van der Waals surface area (Å²) in [7, 11) is 6.89. The molecule has 1 aliphatic heterocycles. The molecule has 0 aromatic rings. The summed E-state index contributed by atoms with van der Waals surface area (Å²) < 4.78 is 9.74. The second-order valence-electron chi connectivity index (χ2n) is 5.25. The smallest absolute Gasteiger partial charge is 0.411 e. The first-order valence-corrected chi connectivity index (χ1v) is 5.68. The van der Waals surface area contributed by atoms with Crippen molar-refractivity contribution >= 4 is 19.9 Å². The minimum absolute atomic E-state index is 0.0458. The number of ether oxygens (including phenoxy) is 2. The van der Waals surface area contributed by atoms with E-state index in [9.17, 15) is 14.7 Å². The van der Waals surface area contributed by atoms with E-state index in [1.807, 2.05) is 0 Å². The number of methoxy groups -OCH3 is 1. The molecule has 1 fully saturated rings. The van der Waals surface area contributed by atoms with Crippen molar-refractivity contribution in [1.82, 2.24) is 4.90 Å². The largest absolute Gasteiger partial charge is 0.467 e. The molecule has 0 aromatic heterocycles. The summed E-state index contributed by atoms with van der Waals surface area (Å²) in [5, 5.41) is 9.65. The quantitative estimate of drug-likeness (QED) is 0.531. The van der Waals surface area contributed by atoms with Crippen LogP contribution in [0.3, 0.4) is 0 Å². The van der Waals surface area contributed by atoms with Crippen LogP contribution in [-0.4, -0.2) is 61.3 Å². The van der Waals surface area contributed by atoms with Crippen LogP contribution in [0.15, 0.2) is 0 Å². The number of rotatable bonds is 1. The van der Waals surface area contributed by atoms with Crippen LogP contribution in [0, 0.1) is 0 Å². The van der Waals surface area contributed by atoms with Crippen molar-refractivity contribution in [3.63, 3.8) is 0 Å². The van der Waals surface area contributed by atoms with Gasteiger partial charge in [-0.05, 0) is 26.6 Å². The summed E-state index contributed by atoms with van der Waals surface area (Å²) >= 11 is 0. The Morgan fingerprint density at radius 3 is 2.39 bits per heavy atom. The lowest BCUT2D eigenvalue weighted by Crippen LogP contribution is -2.45. The third-order valence-electron chi connectivity index (χ3n) is 2.60. The molecule has 1 N–H and O–H groups in total. The van der Waals surface area contributed by atoms with Crippen molar-refractivity contribution in [2.45, 2.75) is 44.3 Å². The maximum absolute atomic E-state index is 11.9. The molecule has 1 amide bonds. The number of amides is 1. The first-order valence-electron chi connectivity index (χ1n) is 5.68. The van der Waals surface area contributed by atoms with Crippen LogP contribution in [0.5, 0.6) is 0 Å². The number of hydrogen-bond acceptors (Lipinski definition) is 5. The van der Waals surface area contributed by atoms with Gasteiger partial charge in [0.15, 0.2) is 0 Å². The van der Waals surface area contributed by atoms with E-state index in [1.54, 1.807) is 20.8 Å². The number of β-amino-alcohol motifs (C(OH)–C–C–N with tert-alkyl or cyclic N) is 1. The Bertz CT molecular complexity index is 341. The van der Waals surface area contributed by atoms with Gasteiger partial charge in [-0.25, -0.2) is 9.59 Å². The van der Waals surface area contributed by atoms with Crippen molar-refractivity contribution in [2.24, 2.45) is 0 Å². The average molecular weight is 255 g/mol. The second-order valence-corrected chi connectivity index (χ2v) is 5.25. The summed E-state index contributed by atoms with van der Waals surface area (Å²) in [6.07, 6.45) is -1.66. The van der Waals surface area contributed by atoms with Crippen LogP contribution in [0.25, 0.3) is 0 Å². The van der Waals surface area contributed by atoms with E-state index >= 15 is 0 Å². The molecule has 100 valence electrons. The fourth-order valence-corrected chi connectivity index (χ4v) is 1.77. The van der Waals surface area contributed by atoms with E-state index in [-0.39, 0.29) is 6.54 Å². The van der Waals surface area contributed by atoms with Crippen LogP contribution >= 0.6 is 0 Å². The Morgan fingerprint density at radius 1 is 1.39 bits per heavy atom. The molecule has 1 aliphatic rings. The zero-order chi connectivity index (χ0) is 14.1. The van der Waals surface area contributed by atoms with E-state index in [2.05, 4.69) is 4.74 Å². The Kier molecular flexibility index (Phi) is 4.26. The van der Waals surface area contributed by atoms with E-state index < -0.39 is 35.6 Å². The topological polar surface area (TPSA) is 76.1 Å². The SMILES string of the molecule is [B][C@@H]1C(C(=O)OC)N(C(=O)OC(C)(C)C)C[C@H]1O. The first kappa shape index (κ1) is 14.8. The zero-order valence-electron chi connectivity index (χ0n) is 11.0. The Balaban J connectivity index is 2.86. The van der Waals surface area contributed by atoms with Crippen molar-refractivity contribution in [2.75, 3.05) is 13.7 Å². The monoisotopic (exact) mass is 255 g/mol. The van der Waals surface area contributed by atoms with Gasteiger partial charge in [0.1, 0.15) is 11.6 Å². The molecular formula is C11H18BNO5. The molecular weight excluding hydrogens is 237 g/mol. The molecule has 18 heavy (non-hydrogen) atoms. The summed E-state index contributed by atoms with van der Waals surface area (Å²) in [5.74, 6) is -1.53. The van der Waals surface area contributed by atoms with Crippen molar-refractivity contribution < 1.29 is 24.2 Å². The minimum atomic E-state index is -1.01. The number of aliphatic hydroxyl groups is 1. The van der Waals surface area contributed by atoms with E-state index in [0.717, 1.165) is 4.90 Å². The minimum Gasteiger partial charge on any atom is -0.467 e. The fourth-order valence-electron chi connectivity index (χ4n) is 1.77. The predicted octanol–water partition coefficient (Wildman–Crippen LogP) is 0.0966. The van der Waals surface area contributed by atoms with Crippen molar-refractivity contribution in [3.8, 4) is 0 Å². The number of nitrogens with zero attached hydrogens (tertiary/aromatic N) is 1. The highest BCUT2D eigenvalue weighted by atomic mass is 16.6. The van der Waals surface area contributed by atoms with Gasteiger partial charge in [-0.15, -0.1) is 0 Å². The fraction of sp³-hybridized carbons (Fsp3) is 0.818. The molecule has 0 bridgehead atoms. The summed E-state index contributed by atoms with van der Waals surface area (Å²) in [4.78, 5) is 24.6. The third-order valence-corrected chi connectivity index (χ3v) is 2.60. The van der Waals surface area contributed by atoms with Crippen molar-refractivity contribution in [1.29, 1.82) is 0 Å². The van der Waals surface area contributed by atoms with Crippen LogP contribution < -0.4 is 0 Å². The molecule has 1 rings (SSSR count). The lowest BCUT2D eigenvalue weighted by molar-refractivity contribution is -0.145. The summed E-state index contributed by atoms with van der Waals surface area (Å²) in [5.41, 5.74) is -0.685. The number of hydrogen-bond donors (Lipinski definition) is 1. The van der Waals surface area contributed by atoms with Gasteiger partial charge in [-0.1, -0.05) is 0 Å². The van der Waals surface area contributed by atoms with Crippen LogP contribution in [-0.2, 0) is 14.3 Å². The molecule has 1 saturated heterocycles. The number of carbonyl (C=O) groups excluding carboxylic acids is 2. The lowest BCUT2D eigenvalue weighted by atomic mass is 9.79. The second kappa shape index (κ2) is 5.18. The molecule has 0 spiro atoms. The van der Waals surface area contributed by atoms with Gasteiger partial charge in [0.05, 0.1) is 27.6 Å². The molecule has 1 unspecified atom stereocenters. The third kappa shape index (κ3) is 3.16. The Morgan fingerprint density at radius 2 is 1.94 bits per heavy atom. The number of likely N-dealkylation sites (tertiary alicyclic amines) is 1. The Labute approximate surface area is 108 Å². The van der Waals surface area contributed by atoms with E-state index in [4.69, 9.17) is 12.6 Å². The maximum Gasteiger partial charge on any atom is 0.411 e. The molecule has 7 heteroatoms.